The van der Waals surface area contributed by atoms with E-state index in [0.29, 0.717) is 35.2 Å². The summed E-state index contributed by atoms with van der Waals surface area (Å²) in [5, 5.41) is 3.38. The molecule has 8 heteroatoms. The van der Waals surface area contributed by atoms with Crippen molar-refractivity contribution < 1.29 is 22.4 Å². The van der Waals surface area contributed by atoms with Gasteiger partial charge in [0.2, 0.25) is 5.91 Å². The Kier molecular flexibility index (Phi) is 6.80. The third-order valence-corrected chi connectivity index (χ3v) is 5.73. The fourth-order valence-corrected chi connectivity index (χ4v) is 4.24. The lowest BCUT2D eigenvalue weighted by Gasteiger charge is -2.27. The van der Waals surface area contributed by atoms with Crippen LogP contribution in [0.15, 0.2) is 59.0 Å². The molecule has 1 heterocycles. The number of nitrogens with one attached hydrogen (secondary N) is 1. The molecule has 0 radical (unpaired) electrons. The molecule has 0 fully saturated rings. The number of fused-ring (bicyclic) bond motifs is 1. The fraction of sp³-hybridized carbons (Fsp3) is 0.304. The maximum absolute atomic E-state index is 13.5. The fourth-order valence-electron chi connectivity index (χ4n) is 3.43. The first-order chi connectivity index (χ1) is 14.7. The van der Waals surface area contributed by atoms with Gasteiger partial charge in [-0.1, -0.05) is 43.3 Å². The van der Waals surface area contributed by atoms with Crippen LogP contribution in [-0.2, 0) is 20.4 Å². The topological polar surface area (TPSA) is 96.7 Å². The molecule has 1 aromatic heterocycles. The highest BCUT2D eigenvalue weighted by Gasteiger charge is 2.31. The molecule has 0 saturated carbocycles. The van der Waals surface area contributed by atoms with Crippen LogP contribution in [0.25, 0.3) is 11.0 Å². The molecule has 3 rings (SSSR count). The van der Waals surface area contributed by atoms with Crippen LogP contribution in [0, 0.1) is 0 Å². The van der Waals surface area contributed by atoms with Gasteiger partial charge in [0.1, 0.15) is 11.6 Å². The number of furan rings is 1. The first-order valence-corrected chi connectivity index (χ1v) is 12.1. The van der Waals surface area contributed by atoms with Gasteiger partial charge < -0.3 is 14.6 Å². The summed E-state index contributed by atoms with van der Waals surface area (Å²) in [4.78, 5) is 27.7. The monoisotopic (exact) mass is 442 g/mol. The second-order valence-electron chi connectivity index (χ2n) is 7.51. The Balaban J connectivity index is 1.96. The summed E-state index contributed by atoms with van der Waals surface area (Å²) in [6.45, 7) is 3.86. The predicted octanol–water partition coefficient (Wildman–Crippen LogP) is 3.86. The molecule has 1 atom stereocenters. The van der Waals surface area contributed by atoms with Crippen LogP contribution in [0.4, 0.5) is 5.69 Å². The van der Waals surface area contributed by atoms with Gasteiger partial charge in [-0.2, -0.15) is 0 Å². The molecule has 1 N–H and O–H groups in total. The van der Waals surface area contributed by atoms with Crippen molar-refractivity contribution in [3.8, 4) is 0 Å². The lowest BCUT2D eigenvalue weighted by Crippen LogP contribution is -2.46. The highest BCUT2D eigenvalue weighted by Crippen LogP contribution is 2.29. The molecule has 2 amide bonds. The van der Waals surface area contributed by atoms with Crippen molar-refractivity contribution in [3.63, 3.8) is 0 Å². The number of carbonyl (C=O) groups excluding carboxylic acids is 2. The highest BCUT2D eigenvalue weighted by atomic mass is 32.2. The van der Waals surface area contributed by atoms with Crippen molar-refractivity contribution in [2.45, 2.75) is 32.1 Å². The van der Waals surface area contributed by atoms with E-state index < -0.39 is 21.8 Å². The van der Waals surface area contributed by atoms with E-state index in [1.165, 1.54) is 4.90 Å². The molecule has 0 aliphatic heterocycles. The van der Waals surface area contributed by atoms with Gasteiger partial charge in [-0.3, -0.25) is 9.59 Å². The molecule has 1 unspecified atom stereocenters. The van der Waals surface area contributed by atoms with E-state index in [1.807, 2.05) is 13.0 Å². The van der Waals surface area contributed by atoms with Crippen LogP contribution in [0.3, 0.4) is 0 Å². The number of para-hydroxylation sites is 2. The lowest BCUT2D eigenvalue weighted by molar-refractivity contribution is -0.120. The first kappa shape index (κ1) is 22.6. The minimum atomic E-state index is -3.42. The summed E-state index contributed by atoms with van der Waals surface area (Å²) in [6, 6.07) is 15.1. The van der Waals surface area contributed by atoms with Crippen molar-refractivity contribution in [2.75, 3.05) is 18.1 Å². The average Bonchev–Trinajstić information content (AvgIpc) is 3.08. The summed E-state index contributed by atoms with van der Waals surface area (Å²) >= 11 is 0. The van der Waals surface area contributed by atoms with Crippen molar-refractivity contribution in [2.24, 2.45) is 0 Å². The van der Waals surface area contributed by atoms with Crippen LogP contribution < -0.4 is 5.32 Å². The minimum Gasteiger partial charge on any atom is -0.451 e. The predicted molar refractivity (Wildman–Crippen MR) is 121 cm³/mol. The summed E-state index contributed by atoms with van der Waals surface area (Å²) in [7, 11) is -3.42. The molecular formula is C23H26N2O5S. The van der Waals surface area contributed by atoms with E-state index in [0.717, 1.165) is 6.26 Å². The maximum Gasteiger partial charge on any atom is 0.290 e. The van der Waals surface area contributed by atoms with Crippen LogP contribution in [0.5, 0.6) is 0 Å². The van der Waals surface area contributed by atoms with Gasteiger partial charge in [-0.05, 0) is 31.5 Å². The number of sulfone groups is 1. The maximum atomic E-state index is 13.5. The van der Waals surface area contributed by atoms with E-state index in [9.17, 15) is 18.0 Å². The third-order valence-electron chi connectivity index (χ3n) is 4.91. The zero-order valence-corrected chi connectivity index (χ0v) is 18.6. The number of anilines is 1. The zero-order valence-electron chi connectivity index (χ0n) is 17.8. The summed E-state index contributed by atoms with van der Waals surface area (Å²) in [6.07, 6.45) is 1.74. The molecule has 3 aromatic rings. The van der Waals surface area contributed by atoms with Gasteiger partial charge in [0.15, 0.2) is 15.6 Å². The van der Waals surface area contributed by atoms with Gasteiger partial charge >= 0.3 is 0 Å². The van der Waals surface area contributed by atoms with Gasteiger partial charge in [-0.25, -0.2) is 8.42 Å². The van der Waals surface area contributed by atoms with E-state index in [2.05, 4.69) is 5.32 Å². The second kappa shape index (κ2) is 9.34. The Morgan fingerprint density at radius 3 is 2.35 bits per heavy atom. The summed E-state index contributed by atoms with van der Waals surface area (Å²) in [5.41, 5.74) is 1.38. The minimum absolute atomic E-state index is 0.0422. The quantitative estimate of drug-likeness (QED) is 0.571. The van der Waals surface area contributed by atoms with Gasteiger partial charge in [0.05, 0.1) is 5.75 Å². The molecule has 0 spiro atoms. The van der Waals surface area contributed by atoms with E-state index >= 15 is 0 Å². The SMILES string of the molecule is CCCN(C(=O)c1oc2ccccc2c1CS(C)(=O)=O)C(C)C(=O)Nc1ccccc1. The molecule has 2 aromatic carbocycles. The molecule has 31 heavy (non-hydrogen) atoms. The largest absolute Gasteiger partial charge is 0.451 e. The van der Waals surface area contributed by atoms with E-state index in [-0.39, 0.29) is 17.4 Å². The van der Waals surface area contributed by atoms with Gasteiger partial charge in [-0.15, -0.1) is 0 Å². The van der Waals surface area contributed by atoms with E-state index in [1.54, 1.807) is 55.5 Å². The zero-order chi connectivity index (χ0) is 22.6. The summed E-state index contributed by atoms with van der Waals surface area (Å²) in [5.74, 6) is -1.21. The highest BCUT2D eigenvalue weighted by molar-refractivity contribution is 7.89. The molecule has 164 valence electrons. The molecule has 0 aliphatic rings. The van der Waals surface area contributed by atoms with Crippen molar-refractivity contribution in [1.29, 1.82) is 0 Å². The van der Waals surface area contributed by atoms with Gasteiger partial charge in [0, 0.05) is 29.4 Å². The number of nitrogens with zero attached hydrogens (tertiary/aromatic N) is 1. The first-order valence-electron chi connectivity index (χ1n) is 10.1. The number of rotatable bonds is 8. The van der Waals surface area contributed by atoms with Crippen molar-refractivity contribution in [3.05, 3.63) is 65.9 Å². The van der Waals surface area contributed by atoms with Crippen LogP contribution in [0.1, 0.15) is 36.4 Å². The Morgan fingerprint density at radius 1 is 1.06 bits per heavy atom. The Bertz CT molecular complexity index is 1190. The van der Waals surface area contributed by atoms with Crippen LogP contribution in [-0.4, -0.2) is 44.0 Å². The molecule has 0 aliphatic carbocycles. The summed E-state index contributed by atoms with van der Waals surface area (Å²) < 4.78 is 29.8. The van der Waals surface area contributed by atoms with Crippen molar-refractivity contribution >= 4 is 38.3 Å². The molecule has 0 bridgehead atoms. The lowest BCUT2D eigenvalue weighted by atomic mass is 10.1. The van der Waals surface area contributed by atoms with Crippen LogP contribution in [0.2, 0.25) is 0 Å². The Morgan fingerprint density at radius 2 is 1.71 bits per heavy atom. The number of hydrogen-bond acceptors (Lipinski definition) is 5. The normalized spacial score (nSPS) is 12.5. The number of carbonyl (C=O) groups is 2. The van der Waals surface area contributed by atoms with Crippen LogP contribution >= 0.6 is 0 Å². The van der Waals surface area contributed by atoms with Gasteiger partial charge in [0.25, 0.3) is 5.91 Å². The molecule has 0 saturated heterocycles. The standard InChI is InChI=1S/C23H26N2O5S/c1-4-14-25(16(2)22(26)24-17-10-6-5-7-11-17)23(27)21-19(15-31(3,28)29)18-12-8-9-13-20(18)30-21/h5-13,16H,4,14-15H2,1-3H3,(H,24,26). The van der Waals surface area contributed by atoms with E-state index in [4.69, 9.17) is 4.42 Å². The Labute approximate surface area is 182 Å². The Hall–Kier alpha value is -3.13. The van der Waals surface area contributed by atoms with Crippen molar-refractivity contribution in [1.82, 2.24) is 4.90 Å². The smallest absolute Gasteiger partial charge is 0.290 e. The average molecular weight is 443 g/mol. The third kappa shape index (κ3) is 5.32. The number of hydrogen-bond donors (Lipinski definition) is 1. The number of amides is 2. The number of benzene rings is 2. The second-order valence-corrected chi connectivity index (χ2v) is 9.65. The molecular weight excluding hydrogens is 416 g/mol. The molecule has 7 nitrogen and oxygen atoms in total.